The first kappa shape index (κ1) is 33.8. The van der Waals surface area contributed by atoms with Crippen LogP contribution in [-0.4, -0.2) is 8.75 Å². The van der Waals surface area contributed by atoms with Gasteiger partial charge in [0, 0.05) is 16.2 Å². The SMILES string of the molecule is Cc1cc2c3ccc(C(C)(C)C)cc3c3nsnc3c2cc1-c1cccc(-c2cc(C(C)(C)C)cc3c2-c2ccc(C(C)(C)C)cc2C3(C)C)c1. The van der Waals surface area contributed by atoms with E-state index in [2.05, 4.69) is 168 Å². The molecule has 1 aliphatic rings. The molecule has 0 saturated heterocycles. The third-order valence-electron chi connectivity index (χ3n) is 11.5. The zero-order valence-corrected chi connectivity index (χ0v) is 33.2. The molecule has 0 saturated carbocycles. The largest absolute Gasteiger partial charge is 0.172 e. The fourth-order valence-corrected chi connectivity index (χ4v) is 8.83. The standard InChI is InChI=1S/C48H50N2S/c1-27-20-37-33-18-16-30(45(2,3)4)22-38(33)43-44(50-51-49-43)39(37)26-35(27)28-14-13-15-29(21-28)36-23-32(47(8,9)10)25-41-42(36)34-19-17-31(46(5,6)7)24-40(34)48(41,11)12/h13-26H,1-12H3. The Kier molecular flexibility index (Phi) is 7.34. The highest BCUT2D eigenvalue weighted by Gasteiger charge is 2.39. The van der Waals surface area contributed by atoms with Crippen LogP contribution in [0.4, 0.5) is 0 Å². The predicted octanol–water partition coefficient (Wildman–Crippen LogP) is 13.8. The summed E-state index contributed by atoms with van der Waals surface area (Å²) < 4.78 is 9.72. The van der Waals surface area contributed by atoms with Crippen molar-refractivity contribution in [1.29, 1.82) is 0 Å². The van der Waals surface area contributed by atoms with E-state index < -0.39 is 0 Å². The van der Waals surface area contributed by atoms with E-state index >= 15 is 0 Å². The molecule has 1 aliphatic carbocycles. The Hall–Kier alpha value is -4.34. The van der Waals surface area contributed by atoms with E-state index in [0.29, 0.717) is 0 Å². The number of aryl methyl sites for hydroxylation is 1. The quantitative estimate of drug-likeness (QED) is 0.169. The summed E-state index contributed by atoms with van der Waals surface area (Å²) in [7, 11) is 0. The van der Waals surface area contributed by atoms with Crippen molar-refractivity contribution in [3.05, 3.63) is 118 Å². The molecule has 0 aliphatic heterocycles. The van der Waals surface area contributed by atoms with Crippen LogP contribution in [0.3, 0.4) is 0 Å². The van der Waals surface area contributed by atoms with E-state index in [1.807, 2.05) is 0 Å². The van der Waals surface area contributed by atoms with Gasteiger partial charge in [-0.05, 0) is 125 Å². The van der Waals surface area contributed by atoms with Crippen molar-refractivity contribution in [2.45, 2.75) is 105 Å². The Balaban J connectivity index is 1.34. The lowest BCUT2D eigenvalue weighted by atomic mass is 9.76. The fraction of sp³-hybridized carbons (Fsp3) is 0.333. The first-order chi connectivity index (χ1) is 23.8. The number of aromatic nitrogens is 2. The molecular formula is C48H50N2S. The second-order valence-electron chi connectivity index (χ2n) is 18.6. The zero-order chi connectivity index (χ0) is 36.4. The molecule has 0 bridgehead atoms. The van der Waals surface area contributed by atoms with Crippen LogP contribution in [0.5, 0.6) is 0 Å². The third-order valence-corrected chi connectivity index (χ3v) is 12.1. The minimum atomic E-state index is -0.0994. The minimum absolute atomic E-state index is 0.0150. The summed E-state index contributed by atoms with van der Waals surface area (Å²) in [5, 5.41) is 4.85. The van der Waals surface area contributed by atoms with Gasteiger partial charge in [-0.1, -0.05) is 137 Å². The van der Waals surface area contributed by atoms with Crippen LogP contribution in [0.15, 0.2) is 84.9 Å². The van der Waals surface area contributed by atoms with Gasteiger partial charge in [0.25, 0.3) is 0 Å². The Morgan fingerprint density at radius 1 is 0.490 bits per heavy atom. The van der Waals surface area contributed by atoms with Crippen LogP contribution < -0.4 is 0 Å². The topological polar surface area (TPSA) is 25.8 Å². The molecule has 0 fully saturated rings. The first-order valence-electron chi connectivity index (χ1n) is 18.4. The number of fused-ring (bicyclic) bond motifs is 9. The maximum Gasteiger partial charge on any atom is 0.113 e. The van der Waals surface area contributed by atoms with Gasteiger partial charge in [-0.15, -0.1) is 0 Å². The van der Waals surface area contributed by atoms with Gasteiger partial charge in [-0.3, -0.25) is 0 Å². The van der Waals surface area contributed by atoms with E-state index in [1.54, 1.807) is 0 Å². The van der Waals surface area contributed by atoms with Gasteiger partial charge >= 0.3 is 0 Å². The van der Waals surface area contributed by atoms with Crippen LogP contribution in [0.25, 0.3) is 66.0 Å². The van der Waals surface area contributed by atoms with Crippen molar-refractivity contribution in [2.24, 2.45) is 0 Å². The maximum atomic E-state index is 4.88. The fourth-order valence-electron chi connectivity index (χ4n) is 8.25. The molecule has 0 spiro atoms. The highest BCUT2D eigenvalue weighted by Crippen LogP contribution is 2.54. The smallest absolute Gasteiger partial charge is 0.113 e. The summed E-state index contributed by atoms with van der Waals surface area (Å²) in [6.45, 7) is 27.8. The Morgan fingerprint density at radius 3 is 1.71 bits per heavy atom. The molecule has 0 unspecified atom stereocenters. The van der Waals surface area contributed by atoms with Gasteiger partial charge in [0.15, 0.2) is 0 Å². The number of hydrogen-bond donors (Lipinski definition) is 0. The number of benzene rings is 6. The summed E-state index contributed by atoms with van der Waals surface area (Å²) in [6.07, 6.45) is 0. The molecule has 0 atom stereocenters. The van der Waals surface area contributed by atoms with Crippen LogP contribution in [0.2, 0.25) is 0 Å². The van der Waals surface area contributed by atoms with Crippen molar-refractivity contribution >= 4 is 44.3 Å². The normalized spacial score (nSPS) is 14.4. The molecule has 2 nitrogen and oxygen atoms in total. The van der Waals surface area contributed by atoms with Crippen molar-refractivity contribution in [1.82, 2.24) is 8.75 Å². The second kappa shape index (κ2) is 11.1. The number of nitrogens with zero attached hydrogens (tertiary/aromatic N) is 2. The van der Waals surface area contributed by atoms with E-state index in [0.717, 1.165) is 11.0 Å². The maximum absolute atomic E-state index is 4.88. The Bertz CT molecular complexity index is 2560. The summed E-state index contributed by atoms with van der Waals surface area (Å²) in [5.74, 6) is 0. The number of hydrogen-bond acceptors (Lipinski definition) is 3. The van der Waals surface area contributed by atoms with Gasteiger partial charge in [0.2, 0.25) is 0 Å². The highest BCUT2D eigenvalue weighted by atomic mass is 32.1. The van der Waals surface area contributed by atoms with Crippen LogP contribution in [0.1, 0.15) is 110 Å². The molecular weight excluding hydrogens is 637 g/mol. The average Bonchev–Trinajstić information content (AvgIpc) is 3.64. The zero-order valence-electron chi connectivity index (χ0n) is 32.4. The van der Waals surface area contributed by atoms with E-state index in [-0.39, 0.29) is 21.7 Å². The molecule has 258 valence electrons. The van der Waals surface area contributed by atoms with Crippen LogP contribution in [-0.2, 0) is 21.7 Å². The van der Waals surface area contributed by atoms with Crippen LogP contribution >= 0.6 is 11.7 Å². The monoisotopic (exact) mass is 686 g/mol. The molecule has 1 heterocycles. The molecule has 0 amide bonds. The summed E-state index contributed by atoms with van der Waals surface area (Å²) in [5.41, 5.74) is 18.1. The lowest BCUT2D eigenvalue weighted by Crippen LogP contribution is -2.19. The molecule has 8 rings (SSSR count). The molecule has 51 heavy (non-hydrogen) atoms. The van der Waals surface area contributed by atoms with Gasteiger partial charge < -0.3 is 0 Å². The summed E-state index contributed by atoms with van der Waals surface area (Å²) >= 11 is 1.31. The van der Waals surface area contributed by atoms with Crippen molar-refractivity contribution in [3.63, 3.8) is 0 Å². The van der Waals surface area contributed by atoms with E-state index in [4.69, 9.17) is 8.75 Å². The van der Waals surface area contributed by atoms with Gasteiger partial charge in [-0.2, -0.15) is 8.75 Å². The van der Waals surface area contributed by atoms with Crippen molar-refractivity contribution < 1.29 is 0 Å². The Morgan fingerprint density at radius 2 is 1.06 bits per heavy atom. The van der Waals surface area contributed by atoms with Gasteiger partial charge in [-0.25, -0.2) is 0 Å². The molecule has 0 radical (unpaired) electrons. The van der Waals surface area contributed by atoms with Crippen molar-refractivity contribution in [2.75, 3.05) is 0 Å². The third kappa shape index (κ3) is 5.34. The predicted molar refractivity (Wildman–Crippen MR) is 222 cm³/mol. The van der Waals surface area contributed by atoms with Gasteiger partial charge in [0.1, 0.15) is 11.0 Å². The van der Waals surface area contributed by atoms with Crippen LogP contribution in [0, 0.1) is 6.92 Å². The summed E-state index contributed by atoms with van der Waals surface area (Å²) in [4.78, 5) is 0. The molecule has 0 N–H and O–H groups in total. The summed E-state index contributed by atoms with van der Waals surface area (Å²) in [6, 6.07) is 33.1. The van der Waals surface area contributed by atoms with E-state index in [9.17, 15) is 0 Å². The molecule has 7 aromatic rings. The lowest BCUT2D eigenvalue weighted by molar-refractivity contribution is 0.580. The Labute approximate surface area is 308 Å². The molecule has 3 heteroatoms. The molecule has 6 aromatic carbocycles. The first-order valence-corrected chi connectivity index (χ1v) is 19.1. The van der Waals surface area contributed by atoms with Gasteiger partial charge in [0.05, 0.1) is 11.7 Å². The minimum Gasteiger partial charge on any atom is -0.172 e. The molecule has 1 aromatic heterocycles. The number of rotatable bonds is 2. The average molecular weight is 687 g/mol. The van der Waals surface area contributed by atoms with E-state index in [1.165, 1.54) is 100 Å². The highest BCUT2D eigenvalue weighted by molar-refractivity contribution is 7.00. The lowest BCUT2D eigenvalue weighted by Gasteiger charge is -2.27. The second-order valence-corrected chi connectivity index (χ2v) is 19.1. The van der Waals surface area contributed by atoms with Crippen molar-refractivity contribution in [3.8, 4) is 33.4 Å².